The van der Waals surface area contributed by atoms with Crippen molar-refractivity contribution in [2.24, 2.45) is 0 Å². The standard InChI is InChI=1S/C17H25N3O4/c1-5-6-18-17(22)19-7-8-20(16(21)12(19)2)13-9-14(23-3)11-15(10-13)24-4/h9-12H,5-8H2,1-4H3,(H,18,22). The van der Waals surface area contributed by atoms with Crippen LogP contribution in [0, 0.1) is 0 Å². The van der Waals surface area contributed by atoms with Crippen molar-refractivity contribution in [2.75, 3.05) is 38.8 Å². The SMILES string of the molecule is CCCNC(=O)N1CCN(c2cc(OC)cc(OC)c2)C(=O)C1C. The molecule has 1 saturated heterocycles. The second kappa shape index (κ2) is 7.90. The molecule has 0 aromatic heterocycles. The molecule has 1 heterocycles. The van der Waals surface area contributed by atoms with Gasteiger partial charge in [-0.1, -0.05) is 6.92 Å². The molecule has 1 aliphatic rings. The Labute approximate surface area is 142 Å². The van der Waals surface area contributed by atoms with Gasteiger partial charge in [-0.25, -0.2) is 4.79 Å². The van der Waals surface area contributed by atoms with Gasteiger partial charge in [0.2, 0.25) is 5.91 Å². The van der Waals surface area contributed by atoms with Crippen LogP contribution in [0.5, 0.6) is 11.5 Å². The highest BCUT2D eigenvalue weighted by atomic mass is 16.5. The van der Waals surface area contributed by atoms with Crippen LogP contribution in [0.4, 0.5) is 10.5 Å². The van der Waals surface area contributed by atoms with E-state index in [-0.39, 0.29) is 11.9 Å². The Morgan fingerprint density at radius 2 is 1.83 bits per heavy atom. The van der Waals surface area contributed by atoms with E-state index < -0.39 is 6.04 Å². The number of ether oxygens (including phenoxy) is 2. The van der Waals surface area contributed by atoms with Crippen molar-refractivity contribution in [1.82, 2.24) is 10.2 Å². The number of methoxy groups -OCH3 is 2. The first-order valence-corrected chi connectivity index (χ1v) is 8.10. The Morgan fingerprint density at radius 1 is 1.21 bits per heavy atom. The van der Waals surface area contributed by atoms with Crippen LogP contribution >= 0.6 is 0 Å². The predicted molar refractivity (Wildman–Crippen MR) is 91.8 cm³/mol. The molecule has 7 nitrogen and oxygen atoms in total. The van der Waals surface area contributed by atoms with Crippen molar-refractivity contribution in [3.8, 4) is 11.5 Å². The van der Waals surface area contributed by atoms with Gasteiger partial charge >= 0.3 is 6.03 Å². The number of amides is 3. The maximum absolute atomic E-state index is 12.7. The van der Waals surface area contributed by atoms with Gasteiger partial charge in [0.1, 0.15) is 17.5 Å². The number of nitrogens with zero attached hydrogens (tertiary/aromatic N) is 2. The Balaban J connectivity index is 2.18. The summed E-state index contributed by atoms with van der Waals surface area (Å²) in [6, 6.07) is 4.62. The molecule has 0 saturated carbocycles. The number of benzene rings is 1. The maximum Gasteiger partial charge on any atom is 0.318 e. The van der Waals surface area contributed by atoms with Gasteiger partial charge in [0.15, 0.2) is 0 Å². The van der Waals surface area contributed by atoms with Gasteiger partial charge in [0.25, 0.3) is 0 Å². The van der Waals surface area contributed by atoms with Gasteiger partial charge < -0.3 is 24.6 Å². The van der Waals surface area contributed by atoms with E-state index in [9.17, 15) is 9.59 Å². The lowest BCUT2D eigenvalue weighted by Gasteiger charge is -2.39. The number of hydrogen-bond donors (Lipinski definition) is 1. The molecule has 0 bridgehead atoms. The summed E-state index contributed by atoms with van der Waals surface area (Å²) in [6.45, 7) is 5.24. The molecule has 3 amide bonds. The fraction of sp³-hybridized carbons (Fsp3) is 0.529. The van der Waals surface area contributed by atoms with Crippen LogP contribution < -0.4 is 19.7 Å². The quantitative estimate of drug-likeness (QED) is 0.891. The van der Waals surface area contributed by atoms with E-state index in [2.05, 4.69) is 5.32 Å². The summed E-state index contributed by atoms with van der Waals surface area (Å²) < 4.78 is 10.5. The molecule has 7 heteroatoms. The molecular weight excluding hydrogens is 310 g/mol. The van der Waals surface area contributed by atoms with Crippen molar-refractivity contribution in [3.63, 3.8) is 0 Å². The molecule has 1 aromatic carbocycles. The molecule has 24 heavy (non-hydrogen) atoms. The third-order valence-electron chi connectivity index (χ3n) is 4.09. The second-order valence-corrected chi connectivity index (χ2v) is 5.66. The average molecular weight is 335 g/mol. The predicted octanol–water partition coefficient (Wildman–Crippen LogP) is 1.86. The number of nitrogens with one attached hydrogen (secondary N) is 1. The van der Waals surface area contributed by atoms with E-state index in [1.165, 1.54) is 0 Å². The summed E-state index contributed by atoms with van der Waals surface area (Å²) in [5.74, 6) is 1.11. The van der Waals surface area contributed by atoms with Gasteiger partial charge in [-0.2, -0.15) is 0 Å². The largest absolute Gasteiger partial charge is 0.497 e. The molecule has 2 rings (SSSR count). The minimum absolute atomic E-state index is 0.122. The van der Waals surface area contributed by atoms with Gasteiger partial charge in [-0.15, -0.1) is 0 Å². The highest BCUT2D eigenvalue weighted by molar-refractivity contribution is 6.00. The number of carbonyl (C=O) groups is 2. The van der Waals surface area contributed by atoms with E-state index in [1.54, 1.807) is 49.1 Å². The normalized spacial score (nSPS) is 17.7. The zero-order valence-corrected chi connectivity index (χ0v) is 14.7. The van der Waals surface area contributed by atoms with Crippen LogP contribution in [-0.4, -0.2) is 56.7 Å². The summed E-state index contributed by atoms with van der Waals surface area (Å²) in [5, 5.41) is 2.82. The number of anilines is 1. The Bertz CT molecular complexity index is 583. The summed E-state index contributed by atoms with van der Waals surface area (Å²) in [7, 11) is 3.14. The van der Waals surface area contributed by atoms with E-state index >= 15 is 0 Å². The molecule has 1 aromatic rings. The summed E-state index contributed by atoms with van der Waals surface area (Å²) in [4.78, 5) is 28.1. The number of carbonyl (C=O) groups excluding carboxylic acids is 2. The van der Waals surface area contributed by atoms with Gasteiger partial charge in [0.05, 0.1) is 19.9 Å². The van der Waals surface area contributed by atoms with Crippen molar-refractivity contribution in [2.45, 2.75) is 26.3 Å². The van der Waals surface area contributed by atoms with Crippen molar-refractivity contribution in [3.05, 3.63) is 18.2 Å². The van der Waals surface area contributed by atoms with Crippen LogP contribution in [0.1, 0.15) is 20.3 Å². The highest BCUT2D eigenvalue weighted by Gasteiger charge is 2.35. The number of rotatable bonds is 5. The first-order valence-electron chi connectivity index (χ1n) is 8.10. The van der Waals surface area contributed by atoms with Gasteiger partial charge in [0, 0.05) is 37.8 Å². The Kier molecular flexibility index (Phi) is 5.89. The lowest BCUT2D eigenvalue weighted by molar-refractivity contribution is -0.124. The van der Waals surface area contributed by atoms with Gasteiger partial charge in [-0.3, -0.25) is 4.79 Å². The Hall–Kier alpha value is -2.44. The van der Waals surface area contributed by atoms with Crippen LogP contribution in [0.15, 0.2) is 18.2 Å². The lowest BCUT2D eigenvalue weighted by atomic mass is 10.1. The zero-order valence-electron chi connectivity index (χ0n) is 14.7. The van der Waals surface area contributed by atoms with E-state index in [1.807, 2.05) is 6.92 Å². The third-order valence-corrected chi connectivity index (χ3v) is 4.09. The second-order valence-electron chi connectivity index (χ2n) is 5.66. The number of piperazine rings is 1. The zero-order chi connectivity index (χ0) is 17.7. The molecule has 0 spiro atoms. The third kappa shape index (κ3) is 3.72. The van der Waals surface area contributed by atoms with Crippen molar-refractivity contribution < 1.29 is 19.1 Å². The van der Waals surface area contributed by atoms with E-state index in [0.717, 1.165) is 6.42 Å². The monoisotopic (exact) mass is 335 g/mol. The van der Waals surface area contributed by atoms with Crippen molar-refractivity contribution >= 4 is 17.6 Å². The van der Waals surface area contributed by atoms with Crippen LogP contribution in [0.3, 0.4) is 0 Å². The minimum Gasteiger partial charge on any atom is -0.497 e. The highest BCUT2D eigenvalue weighted by Crippen LogP contribution is 2.30. The number of hydrogen-bond acceptors (Lipinski definition) is 4. The maximum atomic E-state index is 12.7. The Morgan fingerprint density at radius 3 is 2.38 bits per heavy atom. The minimum atomic E-state index is -0.521. The molecular formula is C17H25N3O4. The van der Waals surface area contributed by atoms with Crippen LogP contribution in [0.2, 0.25) is 0 Å². The lowest BCUT2D eigenvalue weighted by Crippen LogP contribution is -2.59. The fourth-order valence-electron chi connectivity index (χ4n) is 2.69. The van der Waals surface area contributed by atoms with E-state index in [4.69, 9.17) is 9.47 Å². The number of urea groups is 1. The molecule has 1 unspecified atom stereocenters. The molecule has 1 aliphatic heterocycles. The average Bonchev–Trinajstić information content (AvgIpc) is 2.61. The molecule has 1 atom stereocenters. The topological polar surface area (TPSA) is 71.1 Å². The van der Waals surface area contributed by atoms with Crippen LogP contribution in [-0.2, 0) is 4.79 Å². The molecule has 0 aliphatic carbocycles. The van der Waals surface area contributed by atoms with Crippen LogP contribution in [0.25, 0.3) is 0 Å². The molecule has 132 valence electrons. The van der Waals surface area contributed by atoms with Gasteiger partial charge in [-0.05, 0) is 13.3 Å². The van der Waals surface area contributed by atoms with E-state index in [0.29, 0.717) is 36.8 Å². The first-order chi connectivity index (χ1) is 11.5. The molecule has 1 fully saturated rings. The summed E-state index contributed by atoms with van der Waals surface area (Å²) >= 11 is 0. The smallest absolute Gasteiger partial charge is 0.318 e. The summed E-state index contributed by atoms with van der Waals surface area (Å²) in [5.41, 5.74) is 0.705. The van der Waals surface area contributed by atoms with Crippen molar-refractivity contribution in [1.29, 1.82) is 0 Å². The first kappa shape index (κ1) is 17.9. The summed E-state index contributed by atoms with van der Waals surface area (Å²) in [6.07, 6.45) is 0.859. The molecule has 1 N–H and O–H groups in total. The molecule has 0 radical (unpaired) electrons. The fourth-order valence-corrected chi connectivity index (χ4v) is 2.69.